The van der Waals surface area contributed by atoms with Crippen LogP contribution in [0.4, 0.5) is 0 Å². The van der Waals surface area contributed by atoms with Gasteiger partial charge in [0.1, 0.15) is 0 Å². The first-order valence-electron chi connectivity index (χ1n) is 6.57. The van der Waals surface area contributed by atoms with Crippen molar-refractivity contribution in [1.82, 2.24) is 0 Å². The highest BCUT2D eigenvalue weighted by molar-refractivity contribution is 8.15. The summed E-state index contributed by atoms with van der Waals surface area (Å²) in [7, 11) is 0.325. The normalized spacial score (nSPS) is 41.6. The molecule has 0 radical (unpaired) electrons. The standard InChI is InChI=1S/C12H21PS3/c1-4-10(14-7-1)13(11-5-2-8-15-11)12-6-3-9-16-12/h10-12H,1-9H2. The van der Waals surface area contributed by atoms with Gasteiger partial charge in [-0.05, 0) is 55.8 Å². The lowest BCUT2D eigenvalue weighted by molar-refractivity contribution is 0.863. The molecule has 0 N–H and O–H groups in total. The molecule has 0 aromatic carbocycles. The van der Waals surface area contributed by atoms with Gasteiger partial charge in [-0.3, -0.25) is 0 Å². The van der Waals surface area contributed by atoms with Gasteiger partial charge in [-0.2, -0.15) is 35.3 Å². The Kier molecular flexibility index (Phi) is 4.76. The highest BCUT2D eigenvalue weighted by Gasteiger charge is 2.39. The molecule has 3 fully saturated rings. The topological polar surface area (TPSA) is 0 Å². The molecule has 0 aliphatic carbocycles. The Hall–Kier alpha value is 1.48. The molecule has 0 aromatic rings. The van der Waals surface area contributed by atoms with Gasteiger partial charge in [0.2, 0.25) is 0 Å². The second-order valence-electron chi connectivity index (χ2n) is 4.85. The molecule has 92 valence electrons. The van der Waals surface area contributed by atoms with Crippen LogP contribution in [0.5, 0.6) is 0 Å². The summed E-state index contributed by atoms with van der Waals surface area (Å²) in [6, 6.07) is 0. The molecule has 3 aliphatic rings. The van der Waals surface area contributed by atoms with E-state index in [1.807, 2.05) is 0 Å². The molecule has 4 heteroatoms. The minimum Gasteiger partial charge on any atom is -0.154 e. The first kappa shape index (κ1) is 12.5. The van der Waals surface area contributed by atoms with Crippen molar-refractivity contribution in [2.24, 2.45) is 0 Å². The average molecular weight is 292 g/mol. The zero-order chi connectivity index (χ0) is 10.8. The Morgan fingerprint density at radius 1 is 0.625 bits per heavy atom. The van der Waals surface area contributed by atoms with Crippen molar-refractivity contribution >= 4 is 43.2 Å². The van der Waals surface area contributed by atoms with Gasteiger partial charge in [0.15, 0.2) is 0 Å². The molecule has 0 saturated carbocycles. The molecule has 0 nitrogen and oxygen atoms in total. The maximum absolute atomic E-state index is 2.33. The molecular formula is C12H21PS3. The molecule has 0 aromatic heterocycles. The number of hydrogen-bond acceptors (Lipinski definition) is 3. The highest BCUT2D eigenvalue weighted by atomic mass is 32.2. The summed E-state index contributed by atoms with van der Waals surface area (Å²) in [5, 5.41) is 0. The third-order valence-corrected chi connectivity index (χ3v) is 13.5. The molecule has 3 rings (SSSR count). The van der Waals surface area contributed by atoms with E-state index in [1.54, 1.807) is 19.3 Å². The lowest BCUT2D eigenvalue weighted by Gasteiger charge is -2.33. The maximum Gasteiger partial charge on any atom is 0.0268 e. The quantitative estimate of drug-likeness (QED) is 0.670. The molecule has 3 atom stereocenters. The lowest BCUT2D eigenvalue weighted by Crippen LogP contribution is -2.13. The van der Waals surface area contributed by atoms with Crippen molar-refractivity contribution in [3.63, 3.8) is 0 Å². The first-order valence-corrected chi connectivity index (χ1v) is 11.3. The fourth-order valence-corrected chi connectivity index (χ4v) is 14.7. The summed E-state index contributed by atoms with van der Waals surface area (Å²) in [6.45, 7) is 0. The van der Waals surface area contributed by atoms with Crippen LogP contribution in [0.1, 0.15) is 38.5 Å². The van der Waals surface area contributed by atoms with Gasteiger partial charge in [0, 0.05) is 15.0 Å². The van der Waals surface area contributed by atoms with Crippen molar-refractivity contribution in [2.45, 2.75) is 53.5 Å². The summed E-state index contributed by atoms with van der Waals surface area (Å²) in [6.07, 6.45) is 9.15. The highest BCUT2D eigenvalue weighted by Crippen LogP contribution is 2.68. The van der Waals surface area contributed by atoms with Crippen LogP contribution in [-0.2, 0) is 0 Å². The fraction of sp³-hybridized carbons (Fsp3) is 1.00. The summed E-state index contributed by atoms with van der Waals surface area (Å²) in [4.78, 5) is 3.25. The molecular weight excluding hydrogens is 271 g/mol. The van der Waals surface area contributed by atoms with Crippen LogP contribution in [0.3, 0.4) is 0 Å². The van der Waals surface area contributed by atoms with Crippen LogP contribution in [-0.4, -0.2) is 32.2 Å². The predicted molar refractivity (Wildman–Crippen MR) is 83.4 cm³/mol. The Balaban J connectivity index is 1.70. The zero-order valence-corrected chi connectivity index (χ0v) is 13.1. The van der Waals surface area contributed by atoms with E-state index in [4.69, 9.17) is 0 Å². The van der Waals surface area contributed by atoms with Crippen molar-refractivity contribution in [2.75, 3.05) is 17.3 Å². The van der Waals surface area contributed by atoms with E-state index in [-0.39, 0.29) is 0 Å². The van der Waals surface area contributed by atoms with Crippen LogP contribution in [0.15, 0.2) is 0 Å². The molecule has 0 bridgehead atoms. The van der Waals surface area contributed by atoms with Crippen LogP contribution >= 0.6 is 43.2 Å². The molecule has 0 amide bonds. The second kappa shape index (κ2) is 6.08. The summed E-state index contributed by atoms with van der Waals surface area (Å²) < 4.78 is 0. The van der Waals surface area contributed by atoms with Gasteiger partial charge in [-0.25, -0.2) is 0 Å². The van der Waals surface area contributed by atoms with Crippen molar-refractivity contribution in [3.8, 4) is 0 Å². The summed E-state index contributed by atoms with van der Waals surface area (Å²) in [5.41, 5.74) is 0. The molecule has 3 saturated heterocycles. The molecule has 3 unspecified atom stereocenters. The Morgan fingerprint density at radius 3 is 1.25 bits per heavy atom. The Morgan fingerprint density at radius 2 is 1.00 bits per heavy atom. The second-order valence-corrected chi connectivity index (χ2v) is 12.6. The minimum atomic E-state index is 0.325. The number of thioether (sulfide) groups is 3. The molecule has 3 aliphatic heterocycles. The van der Waals surface area contributed by atoms with Gasteiger partial charge in [-0.1, -0.05) is 7.92 Å². The first-order chi connectivity index (χ1) is 7.95. The van der Waals surface area contributed by atoms with E-state index in [9.17, 15) is 0 Å². The number of hydrogen-bond donors (Lipinski definition) is 0. The number of rotatable bonds is 3. The van der Waals surface area contributed by atoms with Crippen molar-refractivity contribution in [1.29, 1.82) is 0 Å². The third-order valence-electron chi connectivity index (χ3n) is 3.71. The van der Waals surface area contributed by atoms with Crippen LogP contribution < -0.4 is 0 Å². The third kappa shape index (κ3) is 2.73. The summed E-state index contributed by atoms with van der Waals surface area (Å²) in [5.74, 6) is 4.37. The van der Waals surface area contributed by atoms with E-state index in [1.165, 1.54) is 36.5 Å². The SMILES string of the molecule is C1CSC(P(C2CCCS2)C2CCCS2)C1. The maximum atomic E-state index is 2.33. The van der Waals surface area contributed by atoms with E-state index in [0.717, 1.165) is 15.0 Å². The minimum absolute atomic E-state index is 0.325. The van der Waals surface area contributed by atoms with Crippen molar-refractivity contribution in [3.05, 3.63) is 0 Å². The monoisotopic (exact) mass is 292 g/mol. The Labute approximate surface area is 114 Å². The van der Waals surface area contributed by atoms with Gasteiger partial charge in [0.25, 0.3) is 0 Å². The van der Waals surface area contributed by atoms with Crippen LogP contribution in [0.25, 0.3) is 0 Å². The molecule has 0 spiro atoms. The zero-order valence-electron chi connectivity index (χ0n) is 9.77. The molecule has 3 heterocycles. The smallest absolute Gasteiger partial charge is 0.0268 e. The van der Waals surface area contributed by atoms with Crippen LogP contribution in [0.2, 0.25) is 0 Å². The molecule has 16 heavy (non-hydrogen) atoms. The fourth-order valence-electron chi connectivity index (χ4n) is 2.94. The predicted octanol–water partition coefficient (Wildman–Crippen LogP) is 5.03. The largest absolute Gasteiger partial charge is 0.154 e. The summed E-state index contributed by atoms with van der Waals surface area (Å²) >= 11 is 6.98. The van der Waals surface area contributed by atoms with E-state index < -0.39 is 0 Å². The van der Waals surface area contributed by atoms with Gasteiger partial charge >= 0.3 is 0 Å². The van der Waals surface area contributed by atoms with Crippen LogP contribution in [0, 0.1) is 0 Å². The van der Waals surface area contributed by atoms with E-state index >= 15 is 0 Å². The van der Waals surface area contributed by atoms with Gasteiger partial charge in [-0.15, -0.1) is 0 Å². The van der Waals surface area contributed by atoms with Crippen molar-refractivity contribution < 1.29 is 0 Å². The van der Waals surface area contributed by atoms with Gasteiger partial charge < -0.3 is 0 Å². The van der Waals surface area contributed by atoms with E-state index in [0.29, 0.717) is 7.92 Å². The van der Waals surface area contributed by atoms with Gasteiger partial charge in [0.05, 0.1) is 0 Å². The Bertz CT molecular complexity index is 180. The average Bonchev–Trinajstić information content (AvgIpc) is 3.02. The lowest BCUT2D eigenvalue weighted by atomic mass is 10.4. The van der Waals surface area contributed by atoms with E-state index in [2.05, 4.69) is 35.3 Å².